The molecule has 7 heteroatoms. The van der Waals surface area contributed by atoms with Crippen LogP contribution in [0.4, 0.5) is 4.79 Å². The second-order valence-corrected chi connectivity index (χ2v) is 5.32. The molecule has 2 N–H and O–H groups in total. The van der Waals surface area contributed by atoms with Gasteiger partial charge in [0, 0.05) is 25.2 Å². The van der Waals surface area contributed by atoms with Crippen LogP contribution in [0.5, 0.6) is 0 Å². The van der Waals surface area contributed by atoms with Gasteiger partial charge < -0.3 is 10.6 Å². The number of hydrogen-bond acceptors (Lipinski definition) is 3. The van der Waals surface area contributed by atoms with Crippen molar-refractivity contribution in [2.45, 2.75) is 45.6 Å². The van der Waals surface area contributed by atoms with Gasteiger partial charge in [-0.25, -0.2) is 4.79 Å². The lowest BCUT2D eigenvalue weighted by Crippen LogP contribution is -2.42. The van der Waals surface area contributed by atoms with E-state index in [9.17, 15) is 9.59 Å². The smallest absolute Gasteiger partial charge is 0.314 e. The molecule has 0 aromatic carbocycles. The van der Waals surface area contributed by atoms with Gasteiger partial charge in [0.1, 0.15) is 0 Å². The Morgan fingerprint density at radius 3 is 2.52 bits per heavy atom. The molecule has 0 spiro atoms. The van der Waals surface area contributed by atoms with E-state index >= 15 is 0 Å². The van der Waals surface area contributed by atoms with E-state index in [4.69, 9.17) is 5.73 Å². The summed E-state index contributed by atoms with van der Waals surface area (Å²) in [4.78, 5) is 24.7. The first-order chi connectivity index (χ1) is 9.54. The van der Waals surface area contributed by atoms with E-state index in [-0.39, 0.29) is 30.3 Å². The number of urea groups is 1. The van der Waals surface area contributed by atoms with Crippen molar-refractivity contribution in [2.24, 2.45) is 5.73 Å². The van der Waals surface area contributed by atoms with Crippen molar-refractivity contribution in [1.29, 1.82) is 0 Å². The van der Waals surface area contributed by atoms with Crippen LogP contribution in [-0.4, -0.2) is 39.6 Å². The molecule has 2 heterocycles. The molecule has 0 aliphatic carbocycles. The van der Waals surface area contributed by atoms with Crippen molar-refractivity contribution in [2.75, 3.05) is 13.1 Å². The van der Waals surface area contributed by atoms with E-state index in [0.717, 1.165) is 30.5 Å². The molecule has 0 atom stereocenters. The van der Waals surface area contributed by atoms with Gasteiger partial charge in [0.05, 0.1) is 17.8 Å². The van der Waals surface area contributed by atoms with Crippen molar-refractivity contribution in [3.8, 4) is 0 Å². The number of nitrogens with zero attached hydrogens (tertiary/aromatic N) is 3. The zero-order valence-electron chi connectivity index (χ0n) is 12.5. The molecule has 1 aromatic rings. The van der Waals surface area contributed by atoms with Crippen LogP contribution in [0.1, 0.15) is 54.7 Å². The largest absolute Gasteiger partial charge is 0.351 e. The summed E-state index contributed by atoms with van der Waals surface area (Å²) < 4.78 is 1.93. The Morgan fingerprint density at radius 1 is 1.38 bits per heavy atom. The van der Waals surface area contributed by atoms with Gasteiger partial charge in [-0.3, -0.25) is 9.48 Å². The van der Waals surface area contributed by atoms with E-state index in [1.165, 1.54) is 0 Å². The normalized spacial score (nSPS) is 15.6. The second-order valence-electron chi connectivity index (χ2n) is 5.32. The van der Waals surface area contributed by atoms with E-state index in [1.54, 1.807) is 11.1 Å². The highest BCUT2D eigenvalue weighted by Gasteiger charge is 2.25. The Labute approximate surface area is 131 Å². The molecule has 1 saturated heterocycles. The maximum absolute atomic E-state index is 12.0. The number of piperidine rings is 1. The van der Waals surface area contributed by atoms with Gasteiger partial charge in [0.15, 0.2) is 5.78 Å². The topological polar surface area (TPSA) is 81.2 Å². The Kier molecular flexibility index (Phi) is 6.20. The van der Waals surface area contributed by atoms with E-state index in [2.05, 4.69) is 5.10 Å². The molecule has 0 radical (unpaired) electrons. The Balaban J connectivity index is 0.00000220. The second kappa shape index (κ2) is 7.45. The van der Waals surface area contributed by atoms with Gasteiger partial charge in [-0.2, -0.15) is 5.10 Å². The number of amides is 2. The number of aromatic nitrogens is 2. The molecule has 118 valence electrons. The number of hydrogen-bond donors (Lipinski definition) is 1. The van der Waals surface area contributed by atoms with Crippen molar-refractivity contribution in [3.05, 3.63) is 17.5 Å². The SMILES string of the molecule is CCCC(=O)c1cnn(C2CCN(C(N)=O)CC2)c1C.Cl. The molecular formula is C14H23ClN4O2. The first kappa shape index (κ1) is 17.5. The van der Waals surface area contributed by atoms with Crippen LogP contribution in [0.3, 0.4) is 0 Å². The fraction of sp³-hybridized carbons (Fsp3) is 0.643. The zero-order chi connectivity index (χ0) is 14.7. The zero-order valence-corrected chi connectivity index (χ0v) is 13.4. The van der Waals surface area contributed by atoms with Crippen molar-refractivity contribution >= 4 is 24.2 Å². The van der Waals surface area contributed by atoms with Crippen LogP contribution in [0.25, 0.3) is 0 Å². The highest BCUT2D eigenvalue weighted by atomic mass is 35.5. The highest BCUT2D eigenvalue weighted by molar-refractivity contribution is 5.96. The summed E-state index contributed by atoms with van der Waals surface area (Å²) in [6, 6.07) is -0.117. The van der Waals surface area contributed by atoms with Crippen molar-refractivity contribution < 1.29 is 9.59 Å². The fourth-order valence-corrected chi connectivity index (χ4v) is 2.76. The minimum absolute atomic E-state index is 0. The minimum Gasteiger partial charge on any atom is -0.351 e. The highest BCUT2D eigenvalue weighted by Crippen LogP contribution is 2.24. The molecule has 0 unspecified atom stereocenters. The number of ketones is 1. The quantitative estimate of drug-likeness (QED) is 0.866. The van der Waals surface area contributed by atoms with Gasteiger partial charge in [-0.15, -0.1) is 12.4 Å². The average Bonchev–Trinajstić information content (AvgIpc) is 2.81. The number of likely N-dealkylation sites (tertiary alicyclic amines) is 1. The van der Waals surface area contributed by atoms with E-state index < -0.39 is 0 Å². The molecule has 1 fully saturated rings. The predicted octanol–water partition coefficient (Wildman–Crippen LogP) is 2.31. The average molecular weight is 315 g/mol. The molecule has 6 nitrogen and oxygen atoms in total. The molecule has 21 heavy (non-hydrogen) atoms. The summed E-state index contributed by atoms with van der Waals surface area (Å²) in [6.07, 6.45) is 4.74. The Bertz CT molecular complexity index is 507. The van der Waals surface area contributed by atoms with Gasteiger partial charge >= 0.3 is 6.03 Å². The van der Waals surface area contributed by atoms with Gasteiger partial charge in [-0.05, 0) is 26.2 Å². The van der Waals surface area contributed by atoms with Crippen LogP contribution in [0.2, 0.25) is 0 Å². The molecule has 1 aliphatic heterocycles. The minimum atomic E-state index is -0.362. The lowest BCUT2D eigenvalue weighted by molar-refractivity contribution is 0.0981. The first-order valence-electron chi connectivity index (χ1n) is 7.16. The first-order valence-corrected chi connectivity index (χ1v) is 7.16. The number of carbonyl (C=O) groups excluding carboxylic acids is 2. The van der Waals surface area contributed by atoms with E-state index in [1.807, 2.05) is 18.5 Å². The number of rotatable bonds is 4. The van der Waals surface area contributed by atoms with Gasteiger partial charge in [0.2, 0.25) is 0 Å². The molecule has 1 aliphatic rings. The summed E-state index contributed by atoms with van der Waals surface area (Å²) in [5.41, 5.74) is 6.94. The number of Topliss-reactive ketones (excluding diaryl/α,β-unsaturated/α-hetero) is 1. The monoisotopic (exact) mass is 314 g/mol. The molecule has 0 saturated carbocycles. The van der Waals surface area contributed by atoms with E-state index in [0.29, 0.717) is 19.5 Å². The lowest BCUT2D eigenvalue weighted by Gasteiger charge is -2.31. The van der Waals surface area contributed by atoms with Crippen LogP contribution < -0.4 is 5.73 Å². The predicted molar refractivity (Wildman–Crippen MR) is 82.9 cm³/mol. The standard InChI is InChI=1S/C14H22N4O2.ClH/c1-3-4-13(19)12-9-16-18(10(12)2)11-5-7-17(8-6-11)14(15)20;/h9,11H,3-8H2,1-2H3,(H2,15,20);1H. The third kappa shape index (κ3) is 3.75. The Hall–Kier alpha value is -1.56. The summed E-state index contributed by atoms with van der Waals surface area (Å²) in [7, 11) is 0. The summed E-state index contributed by atoms with van der Waals surface area (Å²) in [5, 5.41) is 4.37. The number of nitrogens with two attached hydrogens (primary N) is 1. The maximum atomic E-state index is 12.0. The van der Waals surface area contributed by atoms with Crippen LogP contribution in [-0.2, 0) is 0 Å². The molecule has 2 rings (SSSR count). The van der Waals surface area contributed by atoms with Crippen LogP contribution >= 0.6 is 12.4 Å². The van der Waals surface area contributed by atoms with Crippen LogP contribution in [0.15, 0.2) is 6.20 Å². The molecular weight excluding hydrogens is 292 g/mol. The van der Waals surface area contributed by atoms with Crippen LogP contribution in [0, 0.1) is 6.92 Å². The van der Waals surface area contributed by atoms with Gasteiger partial charge in [0.25, 0.3) is 0 Å². The maximum Gasteiger partial charge on any atom is 0.314 e. The van der Waals surface area contributed by atoms with Gasteiger partial charge in [-0.1, -0.05) is 6.92 Å². The fourth-order valence-electron chi connectivity index (χ4n) is 2.76. The molecule has 0 bridgehead atoms. The number of primary amides is 1. The summed E-state index contributed by atoms with van der Waals surface area (Å²) in [5.74, 6) is 0.158. The third-order valence-corrected chi connectivity index (χ3v) is 3.94. The van der Waals surface area contributed by atoms with Crippen molar-refractivity contribution in [3.63, 3.8) is 0 Å². The number of halogens is 1. The number of carbonyl (C=O) groups is 2. The summed E-state index contributed by atoms with van der Waals surface area (Å²) >= 11 is 0. The molecule has 2 amide bonds. The van der Waals surface area contributed by atoms with Crippen molar-refractivity contribution in [1.82, 2.24) is 14.7 Å². The third-order valence-electron chi connectivity index (χ3n) is 3.94. The lowest BCUT2D eigenvalue weighted by atomic mass is 10.0. The summed E-state index contributed by atoms with van der Waals surface area (Å²) in [6.45, 7) is 5.24. The Morgan fingerprint density at radius 2 is 2.00 bits per heavy atom. The molecule has 1 aromatic heterocycles.